The van der Waals surface area contributed by atoms with Gasteiger partial charge in [-0.25, -0.2) is 0 Å². The maximum absolute atomic E-state index is 10.5. The third kappa shape index (κ3) is 2.78. The maximum Gasteiger partial charge on any atom is 0.142 e. The fraction of sp³-hybridized carbons (Fsp3) is 0.267. The summed E-state index contributed by atoms with van der Waals surface area (Å²) in [6, 6.07) is 7.22. The van der Waals surface area contributed by atoms with Crippen molar-refractivity contribution < 1.29 is 14.6 Å². The highest BCUT2D eigenvalue weighted by Crippen LogP contribution is 2.41. The molecule has 0 saturated carbocycles. The average Bonchev–Trinajstić information content (AvgIpc) is 2.46. The summed E-state index contributed by atoms with van der Waals surface area (Å²) in [5.41, 5.74) is 2.30. The number of methoxy groups -OCH3 is 2. The van der Waals surface area contributed by atoms with Crippen LogP contribution in [-0.2, 0) is 0 Å². The Labute approximate surface area is 126 Å². The van der Waals surface area contributed by atoms with E-state index in [0.29, 0.717) is 21.5 Å². The van der Waals surface area contributed by atoms with Gasteiger partial charge in [-0.15, -0.1) is 0 Å². The molecule has 2 rings (SSSR count). The molecule has 2 aromatic rings. The van der Waals surface area contributed by atoms with E-state index in [2.05, 4.69) is 20.9 Å². The zero-order valence-electron chi connectivity index (χ0n) is 11.6. The van der Waals surface area contributed by atoms with Crippen molar-refractivity contribution in [3.05, 3.63) is 51.8 Å². The standard InChI is InChI=1S/C15H16BrNO3/c1-9-8-10(6-7-17-9)14(18)11-4-5-12(19-2)13(16)15(11)20-3/h4-8,14,18H,1-3H3. The van der Waals surface area contributed by atoms with Gasteiger partial charge in [-0.3, -0.25) is 4.98 Å². The first-order valence-corrected chi connectivity index (χ1v) is 6.88. The van der Waals surface area contributed by atoms with Crippen molar-refractivity contribution in [2.75, 3.05) is 14.2 Å². The van der Waals surface area contributed by atoms with Crippen molar-refractivity contribution in [3.63, 3.8) is 0 Å². The quantitative estimate of drug-likeness (QED) is 0.930. The van der Waals surface area contributed by atoms with Crippen molar-refractivity contribution in [2.24, 2.45) is 0 Å². The van der Waals surface area contributed by atoms with Gasteiger partial charge in [0.05, 0.1) is 14.2 Å². The van der Waals surface area contributed by atoms with Crippen LogP contribution in [-0.4, -0.2) is 24.3 Å². The number of aryl methyl sites for hydroxylation is 1. The topological polar surface area (TPSA) is 51.6 Å². The molecule has 1 aromatic heterocycles. The molecule has 0 amide bonds. The summed E-state index contributed by atoms with van der Waals surface area (Å²) in [5.74, 6) is 1.22. The Kier molecular flexibility index (Phi) is 4.62. The molecule has 4 nitrogen and oxygen atoms in total. The molecule has 1 aromatic carbocycles. The monoisotopic (exact) mass is 337 g/mol. The first kappa shape index (κ1) is 14.8. The van der Waals surface area contributed by atoms with E-state index in [9.17, 15) is 5.11 Å². The number of aliphatic hydroxyl groups is 1. The second-order valence-corrected chi connectivity index (χ2v) is 5.13. The number of pyridine rings is 1. The summed E-state index contributed by atoms with van der Waals surface area (Å²) in [7, 11) is 3.15. The number of ether oxygens (including phenoxy) is 2. The third-order valence-corrected chi connectivity index (χ3v) is 3.80. The van der Waals surface area contributed by atoms with E-state index in [1.54, 1.807) is 38.6 Å². The summed E-state index contributed by atoms with van der Waals surface area (Å²) in [6.07, 6.45) is 0.896. The molecule has 0 aliphatic carbocycles. The molecule has 0 bridgehead atoms. The van der Waals surface area contributed by atoms with Crippen LogP contribution >= 0.6 is 15.9 Å². The van der Waals surface area contributed by atoms with Gasteiger partial charge in [0.2, 0.25) is 0 Å². The highest BCUT2D eigenvalue weighted by atomic mass is 79.9. The summed E-state index contributed by atoms with van der Waals surface area (Å²) < 4.78 is 11.3. The molecule has 0 aliphatic rings. The lowest BCUT2D eigenvalue weighted by Crippen LogP contribution is -2.04. The second-order valence-electron chi connectivity index (χ2n) is 4.34. The molecule has 1 N–H and O–H groups in total. The van der Waals surface area contributed by atoms with E-state index in [4.69, 9.17) is 9.47 Å². The summed E-state index contributed by atoms with van der Waals surface area (Å²) >= 11 is 3.43. The van der Waals surface area contributed by atoms with Gasteiger partial charge in [0.1, 0.15) is 22.1 Å². The van der Waals surface area contributed by atoms with Crippen LogP contribution < -0.4 is 9.47 Å². The molecule has 0 aliphatic heterocycles. The first-order chi connectivity index (χ1) is 9.58. The second kappa shape index (κ2) is 6.24. The molecule has 1 unspecified atom stereocenters. The molecular formula is C15H16BrNO3. The van der Waals surface area contributed by atoms with Gasteiger partial charge in [0, 0.05) is 17.5 Å². The van der Waals surface area contributed by atoms with Crippen LogP contribution in [0.5, 0.6) is 11.5 Å². The first-order valence-electron chi connectivity index (χ1n) is 6.09. The minimum absolute atomic E-state index is 0.561. The van der Waals surface area contributed by atoms with Crippen LogP contribution in [0.15, 0.2) is 34.9 Å². The largest absolute Gasteiger partial charge is 0.495 e. The number of hydrogen-bond donors (Lipinski definition) is 1. The molecule has 1 heterocycles. The molecule has 5 heteroatoms. The van der Waals surface area contributed by atoms with Gasteiger partial charge >= 0.3 is 0 Å². The van der Waals surface area contributed by atoms with Crippen LogP contribution in [0.3, 0.4) is 0 Å². The van der Waals surface area contributed by atoms with E-state index in [-0.39, 0.29) is 0 Å². The Hall–Kier alpha value is -1.59. The summed E-state index contributed by atoms with van der Waals surface area (Å²) in [6.45, 7) is 1.89. The van der Waals surface area contributed by atoms with Gasteiger partial charge in [-0.2, -0.15) is 0 Å². The van der Waals surface area contributed by atoms with E-state index < -0.39 is 6.10 Å². The molecule has 0 saturated heterocycles. The third-order valence-electron chi connectivity index (χ3n) is 3.05. The zero-order chi connectivity index (χ0) is 14.7. The fourth-order valence-electron chi connectivity index (χ4n) is 2.05. The zero-order valence-corrected chi connectivity index (χ0v) is 13.1. The van der Waals surface area contributed by atoms with Crippen molar-refractivity contribution >= 4 is 15.9 Å². The van der Waals surface area contributed by atoms with Crippen LogP contribution in [0.25, 0.3) is 0 Å². The minimum Gasteiger partial charge on any atom is -0.495 e. The van der Waals surface area contributed by atoms with Crippen molar-refractivity contribution in [3.8, 4) is 11.5 Å². The van der Waals surface area contributed by atoms with E-state index in [1.807, 2.05) is 13.0 Å². The molecule has 0 spiro atoms. The number of hydrogen-bond acceptors (Lipinski definition) is 4. The van der Waals surface area contributed by atoms with Crippen LogP contribution in [0.2, 0.25) is 0 Å². The van der Waals surface area contributed by atoms with E-state index in [0.717, 1.165) is 11.3 Å². The molecule has 20 heavy (non-hydrogen) atoms. The molecule has 0 fully saturated rings. The predicted octanol–water partition coefficient (Wildman–Crippen LogP) is 3.25. The van der Waals surface area contributed by atoms with Gasteiger partial charge in [0.25, 0.3) is 0 Å². The number of aliphatic hydroxyl groups excluding tert-OH is 1. The lowest BCUT2D eigenvalue weighted by molar-refractivity contribution is 0.214. The Morgan fingerprint density at radius 3 is 2.55 bits per heavy atom. The lowest BCUT2D eigenvalue weighted by atomic mass is 10.0. The molecule has 106 valence electrons. The van der Waals surface area contributed by atoms with E-state index >= 15 is 0 Å². The minimum atomic E-state index is -0.783. The van der Waals surface area contributed by atoms with Crippen LogP contribution in [0.1, 0.15) is 22.9 Å². The number of benzene rings is 1. The predicted molar refractivity (Wildman–Crippen MR) is 80.3 cm³/mol. The number of aromatic nitrogens is 1. The molecule has 1 atom stereocenters. The van der Waals surface area contributed by atoms with Crippen LogP contribution in [0.4, 0.5) is 0 Å². The van der Waals surface area contributed by atoms with Gasteiger partial charge in [0.15, 0.2) is 0 Å². The number of nitrogens with zero attached hydrogens (tertiary/aromatic N) is 1. The highest BCUT2D eigenvalue weighted by molar-refractivity contribution is 9.10. The molecular weight excluding hydrogens is 322 g/mol. The summed E-state index contributed by atoms with van der Waals surface area (Å²) in [5, 5.41) is 10.5. The van der Waals surface area contributed by atoms with Gasteiger partial charge in [-0.05, 0) is 52.7 Å². The lowest BCUT2D eigenvalue weighted by Gasteiger charge is -2.18. The highest BCUT2D eigenvalue weighted by Gasteiger charge is 2.20. The average molecular weight is 338 g/mol. The Balaban J connectivity index is 2.49. The summed E-state index contributed by atoms with van der Waals surface area (Å²) in [4.78, 5) is 4.13. The number of halogens is 1. The van der Waals surface area contributed by atoms with E-state index in [1.165, 1.54) is 0 Å². The SMILES string of the molecule is COc1ccc(C(O)c2ccnc(C)c2)c(OC)c1Br. The molecule has 0 radical (unpaired) electrons. The van der Waals surface area contributed by atoms with Gasteiger partial charge < -0.3 is 14.6 Å². The smallest absolute Gasteiger partial charge is 0.142 e. The number of rotatable bonds is 4. The van der Waals surface area contributed by atoms with Crippen molar-refractivity contribution in [1.29, 1.82) is 0 Å². The Morgan fingerprint density at radius 1 is 1.20 bits per heavy atom. The Morgan fingerprint density at radius 2 is 1.95 bits per heavy atom. The fourth-order valence-corrected chi connectivity index (χ4v) is 2.74. The normalized spacial score (nSPS) is 12.1. The van der Waals surface area contributed by atoms with Crippen molar-refractivity contribution in [2.45, 2.75) is 13.0 Å². The maximum atomic E-state index is 10.5. The van der Waals surface area contributed by atoms with Crippen molar-refractivity contribution in [1.82, 2.24) is 4.98 Å². The van der Waals surface area contributed by atoms with Gasteiger partial charge in [-0.1, -0.05) is 0 Å². The van der Waals surface area contributed by atoms with Crippen LogP contribution in [0, 0.1) is 6.92 Å². The Bertz CT molecular complexity index is 616.